The summed E-state index contributed by atoms with van der Waals surface area (Å²) in [7, 11) is 0. The van der Waals surface area contributed by atoms with Crippen LogP contribution in [0.25, 0.3) is 0 Å². The maximum Gasteiger partial charge on any atom is 0.282 e. The van der Waals surface area contributed by atoms with Gasteiger partial charge < -0.3 is 28.7 Å². The van der Waals surface area contributed by atoms with E-state index < -0.39 is 5.82 Å². The molecule has 3 aromatic rings. The van der Waals surface area contributed by atoms with E-state index in [9.17, 15) is 9.18 Å². The minimum atomic E-state index is -0.521. The van der Waals surface area contributed by atoms with Crippen LogP contribution in [0.2, 0.25) is 0 Å². The second kappa shape index (κ2) is 15.8. The Morgan fingerprint density at radius 3 is 2.66 bits per heavy atom. The molecule has 0 bridgehead atoms. The van der Waals surface area contributed by atoms with Crippen molar-refractivity contribution in [3.8, 4) is 17.4 Å². The Morgan fingerprint density at radius 2 is 1.81 bits per heavy atom. The first kappa shape index (κ1) is 36.0. The lowest BCUT2D eigenvalue weighted by Crippen LogP contribution is -2.65. The van der Waals surface area contributed by atoms with Crippen molar-refractivity contribution in [2.75, 3.05) is 70.7 Å². The van der Waals surface area contributed by atoms with Crippen LogP contribution in [-0.2, 0) is 22.4 Å². The van der Waals surface area contributed by atoms with Gasteiger partial charge in [0.05, 0.1) is 37.6 Å². The fourth-order valence-corrected chi connectivity index (χ4v) is 8.73. The number of halogens is 1. The zero-order valence-corrected chi connectivity index (χ0v) is 30.9. The number of amides is 1. The minimum absolute atomic E-state index is 0.126. The van der Waals surface area contributed by atoms with Gasteiger partial charge in [-0.15, -0.1) is 10.2 Å². The van der Waals surface area contributed by atoms with Gasteiger partial charge in [0.2, 0.25) is 0 Å². The van der Waals surface area contributed by atoms with Gasteiger partial charge in [-0.1, -0.05) is 0 Å². The largest absolute Gasteiger partial charge is 0.490 e. The number of pyridine rings is 1. The summed E-state index contributed by atoms with van der Waals surface area (Å²) in [5.41, 5.74) is 2.64. The number of rotatable bonds is 10. The van der Waals surface area contributed by atoms with Gasteiger partial charge in [0.15, 0.2) is 5.82 Å². The molecule has 14 heteroatoms. The molecule has 1 spiro atoms. The van der Waals surface area contributed by atoms with Gasteiger partial charge >= 0.3 is 0 Å². The van der Waals surface area contributed by atoms with Crippen LogP contribution in [0.4, 0.5) is 10.2 Å². The summed E-state index contributed by atoms with van der Waals surface area (Å²) in [6.07, 6.45) is 11.1. The van der Waals surface area contributed by atoms with E-state index in [1.165, 1.54) is 49.4 Å². The number of hydrogen-bond donors (Lipinski definition) is 0. The molecule has 1 saturated carbocycles. The Bertz CT molecular complexity index is 1730. The monoisotopic (exact) mass is 730 g/mol. The molecule has 1 amide bonds. The van der Waals surface area contributed by atoms with E-state index in [2.05, 4.69) is 29.9 Å². The smallest absolute Gasteiger partial charge is 0.282 e. The number of morpholine rings is 1. The average Bonchev–Trinajstić information content (AvgIpc) is 3.10. The summed E-state index contributed by atoms with van der Waals surface area (Å²) < 4.78 is 38.8. The first-order chi connectivity index (χ1) is 25.8. The quantitative estimate of drug-likeness (QED) is 0.288. The predicted molar refractivity (Wildman–Crippen MR) is 195 cm³/mol. The molecule has 0 unspecified atom stereocenters. The number of hydrogen-bond acceptors (Lipinski definition) is 12. The Balaban J connectivity index is 0.862. The van der Waals surface area contributed by atoms with Crippen LogP contribution in [0.1, 0.15) is 74.0 Å². The van der Waals surface area contributed by atoms with Crippen molar-refractivity contribution in [2.24, 2.45) is 5.41 Å². The third-order valence-corrected chi connectivity index (χ3v) is 11.5. The van der Waals surface area contributed by atoms with Crippen molar-refractivity contribution in [1.82, 2.24) is 34.9 Å². The minimum Gasteiger partial charge on any atom is -0.490 e. The molecule has 0 radical (unpaired) electrons. The highest BCUT2D eigenvalue weighted by Gasteiger charge is 2.54. The second-order valence-corrected chi connectivity index (χ2v) is 15.6. The topological polar surface area (TPSA) is 119 Å². The number of fused-ring (bicyclic) bond motifs is 1. The molecular weight excluding hydrogens is 679 g/mol. The van der Waals surface area contributed by atoms with Crippen LogP contribution in [0.3, 0.4) is 0 Å². The summed E-state index contributed by atoms with van der Waals surface area (Å²) in [5.74, 6) is 1.07. The number of carbonyl (C=O) groups is 1. The Labute approximate surface area is 310 Å². The number of ether oxygens (including phenoxy) is 4. The molecule has 1 aromatic carbocycles. The highest BCUT2D eigenvalue weighted by atomic mass is 19.1. The lowest BCUT2D eigenvalue weighted by atomic mass is 9.61. The first-order valence-electron chi connectivity index (χ1n) is 19.3. The van der Waals surface area contributed by atoms with Gasteiger partial charge in [-0.05, 0) is 83.2 Å². The number of nitrogens with zero attached hydrogens (tertiary/aromatic N) is 8. The Hall–Kier alpha value is -3.98. The Morgan fingerprint density at radius 1 is 0.981 bits per heavy atom. The summed E-state index contributed by atoms with van der Waals surface area (Å²) in [6, 6.07) is 5.67. The van der Waals surface area contributed by atoms with Gasteiger partial charge in [-0.25, -0.2) is 9.37 Å². The van der Waals surface area contributed by atoms with Crippen LogP contribution in [-0.4, -0.2) is 125 Å². The molecule has 13 nitrogen and oxygen atoms in total. The van der Waals surface area contributed by atoms with Crippen LogP contribution < -0.4 is 14.4 Å². The van der Waals surface area contributed by atoms with Gasteiger partial charge in [0.25, 0.3) is 11.8 Å². The average molecular weight is 731 g/mol. The van der Waals surface area contributed by atoms with Crippen molar-refractivity contribution < 1.29 is 28.1 Å². The van der Waals surface area contributed by atoms with Crippen molar-refractivity contribution >= 4 is 11.7 Å². The highest BCUT2D eigenvalue weighted by Crippen LogP contribution is 2.52. The van der Waals surface area contributed by atoms with E-state index in [-0.39, 0.29) is 46.7 Å². The summed E-state index contributed by atoms with van der Waals surface area (Å²) in [4.78, 5) is 31.8. The van der Waals surface area contributed by atoms with Crippen LogP contribution in [0.15, 0.2) is 36.8 Å². The molecule has 284 valence electrons. The lowest BCUT2D eigenvalue weighted by Gasteiger charge is -2.58. The molecule has 4 fully saturated rings. The molecule has 0 N–H and O–H groups in total. The molecule has 2 atom stereocenters. The number of anilines is 1. The molecule has 6 heterocycles. The zero-order chi connectivity index (χ0) is 36.4. The highest BCUT2D eigenvalue weighted by molar-refractivity contribution is 5.97. The standard InChI is InChI=1S/C39H51FN8O5/c1-27-21-51-22-28(2)48(27)38(49)31-17-29(40)7-8-34(31)53-37-36(42-25-43-44-37)47-23-39(24-47)18-30(19-39)52-35-9-11-41-33-10-15-45(20-32(33)35)13-6-14-46-12-4-3-5-16-50-26-46/h7-9,11,17,25,27-28,30H,3-6,10,12-16,18-24,26H2,1-2H3/t27-,28+. The van der Waals surface area contributed by atoms with Gasteiger partial charge in [0.1, 0.15) is 29.7 Å². The molecule has 3 saturated heterocycles. The maximum absolute atomic E-state index is 14.5. The number of aromatic nitrogens is 4. The number of carbonyl (C=O) groups excluding carboxylic acids is 1. The summed E-state index contributed by atoms with van der Waals surface area (Å²) in [5, 5.41) is 8.21. The fourth-order valence-electron chi connectivity index (χ4n) is 8.73. The van der Waals surface area contributed by atoms with E-state index in [0.29, 0.717) is 19.0 Å². The van der Waals surface area contributed by atoms with Crippen molar-refractivity contribution in [3.05, 3.63) is 59.4 Å². The van der Waals surface area contributed by atoms with E-state index in [0.717, 1.165) is 96.3 Å². The zero-order valence-electron chi connectivity index (χ0n) is 30.9. The van der Waals surface area contributed by atoms with Crippen LogP contribution in [0, 0.1) is 11.2 Å². The van der Waals surface area contributed by atoms with Crippen molar-refractivity contribution in [1.29, 1.82) is 0 Å². The molecule has 5 aliphatic rings. The summed E-state index contributed by atoms with van der Waals surface area (Å²) in [6.45, 7) is 13.0. The molecule has 2 aromatic heterocycles. The van der Waals surface area contributed by atoms with Gasteiger partial charge in [0, 0.05) is 75.2 Å². The third kappa shape index (κ3) is 7.96. The molecule has 1 aliphatic carbocycles. The van der Waals surface area contributed by atoms with Crippen LogP contribution in [0.5, 0.6) is 17.4 Å². The van der Waals surface area contributed by atoms with E-state index >= 15 is 0 Å². The van der Waals surface area contributed by atoms with Crippen molar-refractivity contribution in [3.63, 3.8) is 0 Å². The van der Waals surface area contributed by atoms with Crippen LogP contribution >= 0.6 is 0 Å². The lowest BCUT2D eigenvalue weighted by molar-refractivity contribution is -0.0353. The van der Waals surface area contributed by atoms with Gasteiger partial charge in [-0.2, -0.15) is 0 Å². The second-order valence-electron chi connectivity index (χ2n) is 15.6. The normalized spacial score (nSPS) is 23.8. The number of benzene rings is 1. The first-order valence-corrected chi connectivity index (χ1v) is 19.3. The predicted octanol–water partition coefficient (Wildman–Crippen LogP) is 4.70. The van der Waals surface area contributed by atoms with E-state index in [1.807, 2.05) is 26.1 Å². The van der Waals surface area contributed by atoms with Crippen molar-refractivity contribution in [2.45, 2.75) is 83.5 Å². The molecule has 8 rings (SSSR count). The van der Waals surface area contributed by atoms with E-state index in [4.69, 9.17) is 23.9 Å². The summed E-state index contributed by atoms with van der Waals surface area (Å²) >= 11 is 0. The fraction of sp³-hybridized carbons (Fsp3) is 0.615. The maximum atomic E-state index is 14.5. The Kier molecular flexibility index (Phi) is 10.7. The van der Waals surface area contributed by atoms with E-state index in [1.54, 1.807) is 4.90 Å². The SMILES string of the molecule is C[C@@H]1COC[C@H](C)N1C(=O)c1cc(F)ccc1Oc1nncnc1N1CC2(CC(Oc3ccnc4c3CN(CCCN3CCCCCOC3)CC4)C2)C1. The molecular formula is C39H51FN8O5. The third-order valence-electron chi connectivity index (χ3n) is 11.5. The molecule has 4 aliphatic heterocycles. The van der Waals surface area contributed by atoms with Gasteiger partial charge in [-0.3, -0.25) is 19.6 Å². The molecule has 53 heavy (non-hydrogen) atoms.